The molecule has 0 aliphatic heterocycles. The lowest BCUT2D eigenvalue weighted by Gasteiger charge is -2.17. The van der Waals surface area contributed by atoms with Crippen LogP contribution in [0, 0.1) is 6.92 Å². The zero-order valence-corrected chi connectivity index (χ0v) is 12.2. The SMILES string of the molecule is COc1cc(CN[C@@H](C)c2ccccc2C)ccc1O. The highest BCUT2D eigenvalue weighted by atomic mass is 16.5. The fourth-order valence-corrected chi connectivity index (χ4v) is 2.29. The zero-order chi connectivity index (χ0) is 14.5. The molecule has 2 rings (SSSR count). The second kappa shape index (κ2) is 6.44. The molecule has 0 unspecified atom stereocenters. The predicted molar refractivity (Wildman–Crippen MR) is 81.1 cm³/mol. The molecule has 2 N–H and O–H groups in total. The third-order valence-corrected chi connectivity index (χ3v) is 3.51. The first-order chi connectivity index (χ1) is 9.61. The lowest BCUT2D eigenvalue weighted by Crippen LogP contribution is -2.18. The molecule has 3 nitrogen and oxygen atoms in total. The Hall–Kier alpha value is -2.00. The summed E-state index contributed by atoms with van der Waals surface area (Å²) in [7, 11) is 1.56. The Labute approximate surface area is 120 Å². The Bertz CT molecular complexity index is 581. The van der Waals surface area contributed by atoms with Crippen molar-refractivity contribution in [2.24, 2.45) is 0 Å². The Kier molecular flexibility index (Phi) is 4.64. The van der Waals surface area contributed by atoms with E-state index in [1.165, 1.54) is 11.1 Å². The summed E-state index contributed by atoms with van der Waals surface area (Å²) >= 11 is 0. The van der Waals surface area contributed by atoms with Gasteiger partial charge in [-0.25, -0.2) is 0 Å². The number of hydrogen-bond acceptors (Lipinski definition) is 3. The number of ether oxygens (including phenoxy) is 1. The van der Waals surface area contributed by atoms with Gasteiger partial charge in [0.1, 0.15) is 0 Å². The summed E-state index contributed by atoms with van der Waals surface area (Å²) in [6.07, 6.45) is 0. The first-order valence-electron chi connectivity index (χ1n) is 6.76. The number of benzene rings is 2. The minimum absolute atomic E-state index is 0.170. The molecular formula is C17H21NO2. The van der Waals surface area contributed by atoms with Gasteiger partial charge in [-0.05, 0) is 42.7 Å². The quantitative estimate of drug-likeness (QED) is 0.873. The van der Waals surface area contributed by atoms with Crippen LogP contribution in [0.5, 0.6) is 11.5 Å². The second-order valence-corrected chi connectivity index (χ2v) is 4.97. The molecule has 3 heteroatoms. The third-order valence-electron chi connectivity index (χ3n) is 3.51. The van der Waals surface area contributed by atoms with E-state index in [9.17, 15) is 5.11 Å². The van der Waals surface area contributed by atoms with Gasteiger partial charge in [0, 0.05) is 12.6 Å². The van der Waals surface area contributed by atoms with Crippen molar-refractivity contribution >= 4 is 0 Å². The normalized spacial score (nSPS) is 12.2. The van der Waals surface area contributed by atoms with Gasteiger partial charge >= 0.3 is 0 Å². The fraction of sp³-hybridized carbons (Fsp3) is 0.294. The molecule has 0 aliphatic carbocycles. The van der Waals surface area contributed by atoms with Crippen LogP contribution in [0.1, 0.15) is 29.7 Å². The van der Waals surface area contributed by atoms with Crippen LogP contribution in [0.2, 0.25) is 0 Å². The number of aromatic hydroxyl groups is 1. The van der Waals surface area contributed by atoms with Crippen LogP contribution in [0.3, 0.4) is 0 Å². The fourth-order valence-electron chi connectivity index (χ4n) is 2.29. The van der Waals surface area contributed by atoms with E-state index in [0.29, 0.717) is 5.75 Å². The Morgan fingerprint density at radius 2 is 1.95 bits per heavy atom. The maximum atomic E-state index is 9.58. The molecule has 0 bridgehead atoms. The van der Waals surface area contributed by atoms with Crippen LogP contribution in [-0.2, 0) is 6.54 Å². The largest absolute Gasteiger partial charge is 0.504 e. The molecule has 1 atom stereocenters. The zero-order valence-electron chi connectivity index (χ0n) is 12.2. The van der Waals surface area contributed by atoms with Crippen LogP contribution in [0.15, 0.2) is 42.5 Å². The van der Waals surface area contributed by atoms with E-state index in [0.717, 1.165) is 12.1 Å². The molecule has 0 aromatic heterocycles. The number of hydrogen-bond donors (Lipinski definition) is 2. The maximum absolute atomic E-state index is 9.58. The highest BCUT2D eigenvalue weighted by Gasteiger charge is 2.08. The summed E-state index contributed by atoms with van der Waals surface area (Å²) in [5, 5.41) is 13.1. The maximum Gasteiger partial charge on any atom is 0.160 e. The molecule has 0 spiro atoms. The van der Waals surface area contributed by atoms with E-state index >= 15 is 0 Å². The van der Waals surface area contributed by atoms with Crippen LogP contribution in [-0.4, -0.2) is 12.2 Å². The molecule has 0 radical (unpaired) electrons. The molecule has 0 heterocycles. The van der Waals surface area contributed by atoms with E-state index in [1.54, 1.807) is 13.2 Å². The van der Waals surface area contributed by atoms with Crippen molar-refractivity contribution in [2.75, 3.05) is 7.11 Å². The Morgan fingerprint density at radius 3 is 2.65 bits per heavy atom. The number of methoxy groups -OCH3 is 1. The van der Waals surface area contributed by atoms with Gasteiger partial charge in [0.15, 0.2) is 11.5 Å². The first-order valence-corrected chi connectivity index (χ1v) is 6.76. The van der Waals surface area contributed by atoms with Crippen LogP contribution in [0.4, 0.5) is 0 Å². The summed E-state index contributed by atoms with van der Waals surface area (Å²) in [4.78, 5) is 0. The van der Waals surface area contributed by atoms with Crippen molar-refractivity contribution in [3.8, 4) is 11.5 Å². The van der Waals surface area contributed by atoms with Crippen LogP contribution >= 0.6 is 0 Å². The molecule has 106 valence electrons. The van der Waals surface area contributed by atoms with Gasteiger partial charge in [0.2, 0.25) is 0 Å². The molecule has 0 saturated heterocycles. The monoisotopic (exact) mass is 271 g/mol. The topological polar surface area (TPSA) is 41.5 Å². The highest BCUT2D eigenvalue weighted by molar-refractivity contribution is 5.41. The van der Waals surface area contributed by atoms with Gasteiger partial charge in [-0.2, -0.15) is 0 Å². The summed E-state index contributed by atoms with van der Waals surface area (Å²) in [6, 6.07) is 14.1. The third kappa shape index (κ3) is 3.31. The molecule has 20 heavy (non-hydrogen) atoms. The smallest absolute Gasteiger partial charge is 0.160 e. The minimum atomic E-state index is 0.170. The number of phenols is 1. The average molecular weight is 271 g/mol. The highest BCUT2D eigenvalue weighted by Crippen LogP contribution is 2.26. The Balaban J connectivity index is 2.03. The molecule has 0 aliphatic rings. The second-order valence-electron chi connectivity index (χ2n) is 4.97. The standard InChI is InChI=1S/C17H21NO2/c1-12-6-4-5-7-15(12)13(2)18-11-14-8-9-16(19)17(10-14)20-3/h4-10,13,18-19H,11H2,1-3H3/t13-/m0/s1. The van der Waals surface area contributed by atoms with Crippen molar-refractivity contribution in [1.29, 1.82) is 0 Å². The van der Waals surface area contributed by atoms with E-state index in [-0.39, 0.29) is 11.8 Å². The summed E-state index contributed by atoms with van der Waals surface area (Å²) < 4.78 is 5.12. The number of rotatable bonds is 5. The molecule has 0 amide bonds. The van der Waals surface area contributed by atoms with Crippen molar-refractivity contribution in [2.45, 2.75) is 26.4 Å². The average Bonchev–Trinajstić information content (AvgIpc) is 2.46. The number of phenolic OH excluding ortho intramolecular Hbond substituents is 1. The van der Waals surface area contributed by atoms with E-state index in [4.69, 9.17) is 4.74 Å². The summed E-state index contributed by atoms with van der Waals surface area (Å²) in [5.41, 5.74) is 3.68. The van der Waals surface area contributed by atoms with E-state index < -0.39 is 0 Å². The van der Waals surface area contributed by atoms with Gasteiger partial charge in [0.25, 0.3) is 0 Å². The molecular weight excluding hydrogens is 250 g/mol. The van der Waals surface area contributed by atoms with Crippen LogP contribution in [0.25, 0.3) is 0 Å². The lowest BCUT2D eigenvalue weighted by atomic mass is 10.0. The van der Waals surface area contributed by atoms with Crippen molar-refractivity contribution in [3.63, 3.8) is 0 Å². The van der Waals surface area contributed by atoms with Gasteiger partial charge in [-0.15, -0.1) is 0 Å². The number of nitrogens with one attached hydrogen (secondary N) is 1. The van der Waals surface area contributed by atoms with E-state index in [2.05, 4.69) is 43.4 Å². The lowest BCUT2D eigenvalue weighted by molar-refractivity contribution is 0.372. The van der Waals surface area contributed by atoms with Crippen molar-refractivity contribution < 1.29 is 9.84 Å². The van der Waals surface area contributed by atoms with Gasteiger partial charge in [0.05, 0.1) is 7.11 Å². The first kappa shape index (κ1) is 14.4. The minimum Gasteiger partial charge on any atom is -0.504 e. The van der Waals surface area contributed by atoms with Crippen molar-refractivity contribution in [1.82, 2.24) is 5.32 Å². The molecule has 0 saturated carbocycles. The van der Waals surface area contributed by atoms with Gasteiger partial charge in [-0.1, -0.05) is 30.3 Å². The van der Waals surface area contributed by atoms with Crippen LogP contribution < -0.4 is 10.1 Å². The van der Waals surface area contributed by atoms with Gasteiger partial charge < -0.3 is 15.2 Å². The van der Waals surface area contributed by atoms with Crippen molar-refractivity contribution in [3.05, 3.63) is 59.2 Å². The summed E-state index contributed by atoms with van der Waals surface area (Å²) in [5.74, 6) is 0.677. The molecule has 2 aromatic rings. The molecule has 2 aromatic carbocycles. The summed E-state index contributed by atoms with van der Waals surface area (Å²) in [6.45, 7) is 5.00. The Morgan fingerprint density at radius 1 is 1.20 bits per heavy atom. The van der Waals surface area contributed by atoms with E-state index in [1.807, 2.05) is 12.1 Å². The predicted octanol–water partition coefficient (Wildman–Crippen LogP) is 3.56. The van der Waals surface area contributed by atoms with Gasteiger partial charge in [-0.3, -0.25) is 0 Å². The molecule has 0 fully saturated rings. The number of aryl methyl sites for hydroxylation is 1.